The fourth-order valence-corrected chi connectivity index (χ4v) is 7.09. The molecule has 0 aliphatic heterocycles. The average molecular weight is 553 g/mol. The highest BCUT2D eigenvalue weighted by Gasteiger charge is 2.31. The van der Waals surface area contributed by atoms with Crippen molar-refractivity contribution in [1.82, 2.24) is 9.13 Å². The van der Waals surface area contributed by atoms with E-state index in [9.17, 15) is 10.5 Å². The van der Waals surface area contributed by atoms with Crippen molar-refractivity contribution in [2.45, 2.75) is 19.8 Å². The molecule has 43 heavy (non-hydrogen) atoms. The van der Waals surface area contributed by atoms with Gasteiger partial charge in [-0.15, -0.1) is 0 Å². The van der Waals surface area contributed by atoms with Crippen molar-refractivity contribution < 1.29 is 0 Å². The topological polar surface area (TPSA) is 57.4 Å². The zero-order valence-corrected chi connectivity index (χ0v) is 23.8. The SMILES string of the molecule is CC1(C#N)C=C(C2=CC(C#N)CC(n3c4ccccc4c4ccccc43)=C2)C=C(n2c3ccccc3c3ccccc32)C1. The first kappa shape index (κ1) is 25.2. The number of hydrogen-bond donors (Lipinski definition) is 0. The number of rotatable bonds is 3. The van der Waals surface area contributed by atoms with Crippen LogP contribution < -0.4 is 0 Å². The van der Waals surface area contributed by atoms with Gasteiger partial charge in [0.25, 0.3) is 0 Å². The quantitative estimate of drug-likeness (QED) is 0.219. The van der Waals surface area contributed by atoms with Gasteiger partial charge in [-0.05, 0) is 54.5 Å². The third kappa shape index (κ3) is 3.88. The first-order chi connectivity index (χ1) is 21.1. The zero-order valence-electron chi connectivity index (χ0n) is 23.8. The van der Waals surface area contributed by atoms with Crippen LogP contribution in [0.2, 0.25) is 0 Å². The Hall–Kier alpha value is -5.58. The lowest BCUT2D eigenvalue weighted by Gasteiger charge is -2.29. The summed E-state index contributed by atoms with van der Waals surface area (Å²) < 4.78 is 4.63. The van der Waals surface area contributed by atoms with E-state index >= 15 is 0 Å². The number of nitrogens with zero attached hydrogens (tertiary/aromatic N) is 4. The lowest BCUT2D eigenvalue weighted by atomic mass is 9.78. The molecule has 2 aliphatic carbocycles. The Morgan fingerprint density at radius 3 is 1.53 bits per heavy atom. The van der Waals surface area contributed by atoms with E-state index in [4.69, 9.17) is 0 Å². The number of nitriles is 2. The highest BCUT2D eigenvalue weighted by atomic mass is 15.0. The smallest absolute Gasteiger partial charge is 0.0788 e. The minimum absolute atomic E-state index is 0.281. The molecule has 0 spiro atoms. The Morgan fingerprint density at radius 1 is 0.628 bits per heavy atom. The molecular weight excluding hydrogens is 524 g/mol. The van der Waals surface area contributed by atoms with Crippen LogP contribution in [0.3, 0.4) is 0 Å². The van der Waals surface area contributed by atoms with Crippen molar-refractivity contribution in [2.75, 3.05) is 0 Å². The third-order valence-corrected chi connectivity index (χ3v) is 8.97. The van der Waals surface area contributed by atoms with Crippen LogP contribution >= 0.6 is 0 Å². The van der Waals surface area contributed by atoms with Gasteiger partial charge in [0, 0.05) is 45.8 Å². The third-order valence-electron chi connectivity index (χ3n) is 8.97. The van der Waals surface area contributed by atoms with Gasteiger partial charge in [-0.2, -0.15) is 10.5 Å². The number of aromatic nitrogens is 2. The summed E-state index contributed by atoms with van der Waals surface area (Å²) in [5.74, 6) is -0.281. The van der Waals surface area contributed by atoms with E-state index in [1.54, 1.807) is 0 Å². The van der Waals surface area contributed by atoms with Crippen molar-refractivity contribution in [1.29, 1.82) is 10.5 Å². The fourth-order valence-electron chi connectivity index (χ4n) is 7.09. The van der Waals surface area contributed by atoms with Gasteiger partial charge in [0.05, 0.1) is 45.5 Å². The lowest BCUT2D eigenvalue weighted by Crippen LogP contribution is -2.19. The molecule has 2 aromatic heterocycles. The van der Waals surface area contributed by atoms with Crippen LogP contribution in [0.1, 0.15) is 19.8 Å². The van der Waals surface area contributed by atoms with Crippen LogP contribution in [0, 0.1) is 34.0 Å². The highest BCUT2D eigenvalue weighted by molar-refractivity contribution is 6.11. The molecular formula is C39H28N4. The van der Waals surface area contributed by atoms with Crippen molar-refractivity contribution in [3.8, 4) is 12.1 Å². The standard InChI is InChI=1S/C39H28N4/c1-39(25-41)22-28(21-30(23-39)43-37-16-8-4-12-33(37)34-13-5-9-17-38(34)43)27-18-26(24-40)19-29(20-27)42-35-14-6-2-10-31(35)32-11-3-7-15-36(32)42/h2-18,20-22,26H,19,23H2,1H3. The summed E-state index contributed by atoms with van der Waals surface area (Å²) in [6.45, 7) is 2.01. The van der Waals surface area contributed by atoms with E-state index in [0.717, 1.165) is 44.6 Å². The number of benzene rings is 4. The van der Waals surface area contributed by atoms with Gasteiger partial charge in [0.1, 0.15) is 0 Å². The van der Waals surface area contributed by atoms with Gasteiger partial charge in [-0.1, -0.05) is 84.9 Å². The van der Waals surface area contributed by atoms with Gasteiger partial charge < -0.3 is 9.13 Å². The van der Waals surface area contributed by atoms with Crippen LogP contribution in [0.25, 0.3) is 55.0 Å². The molecule has 8 rings (SSSR count). The minimum Gasteiger partial charge on any atom is -0.313 e. The normalized spacial score (nSPS) is 20.4. The second-order valence-corrected chi connectivity index (χ2v) is 11.9. The van der Waals surface area contributed by atoms with E-state index in [-0.39, 0.29) is 5.92 Å². The molecule has 0 amide bonds. The van der Waals surface area contributed by atoms with Crippen LogP contribution in [-0.4, -0.2) is 9.13 Å². The number of para-hydroxylation sites is 4. The van der Waals surface area contributed by atoms with Crippen molar-refractivity contribution >= 4 is 55.0 Å². The van der Waals surface area contributed by atoms with E-state index in [1.807, 2.05) is 6.92 Å². The minimum atomic E-state index is -0.701. The summed E-state index contributed by atoms with van der Waals surface area (Å²) in [7, 11) is 0. The average Bonchev–Trinajstić information content (AvgIpc) is 3.57. The van der Waals surface area contributed by atoms with E-state index in [1.165, 1.54) is 21.5 Å². The predicted molar refractivity (Wildman–Crippen MR) is 176 cm³/mol. The van der Waals surface area contributed by atoms with E-state index in [0.29, 0.717) is 12.8 Å². The van der Waals surface area contributed by atoms with Crippen molar-refractivity contribution in [3.63, 3.8) is 0 Å². The number of hydrogen-bond acceptors (Lipinski definition) is 2. The predicted octanol–water partition coefficient (Wildman–Crippen LogP) is 9.61. The molecule has 4 nitrogen and oxygen atoms in total. The molecule has 0 N–H and O–H groups in total. The molecule has 2 atom stereocenters. The van der Waals surface area contributed by atoms with E-state index in [2.05, 4.69) is 143 Å². The molecule has 4 heteroatoms. The summed E-state index contributed by atoms with van der Waals surface area (Å²) in [4.78, 5) is 0. The molecule has 0 fully saturated rings. The molecule has 2 aliphatic rings. The maximum atomic E-state index is 10.4. The molecule has 2 unspecified atom stereocenters. The summed E-state index contributed by atoms with van der Waals surface area (Å²) in [6, 6.07) is 39.0. The summed E-state index contributed by atoms with van der Waals surface area (Å²) in [5.41, 5.74) is 7.94. The Kier molecular flexibility index (Phi) is 5.55. The van der Waals surface area contributed by atoms with Crippen LogP contribution in [0.4, 0.5) is 0 Å². The second kappa shape index (κ2) is 9.48. The second-order valence-electron chi connectivity index (χ2n) is 11.9. The molecule has 6 aromatic rings. The largest absolute Gasteiger partial charge is 0.313 e. The number of fused-ring (bicyclic) bond motifs is 6. The van der Waals surface area contributed by atoms with Crippen LogP contribution in [-0.2, 0) is 0 Å². The molecule has 0 bridgehead atoms. The molecule has 0 saturated heterocycles. The van der Waals surface area contributed by atoms with Gasteiger partial charge in [-0.25, -0.2) is 0 Å². The Morgan fingerprint density at radius 2 is 1.07 bits per heavy atom. The number of allylic oxidation sites excluding steroid dienone is 8. The summed E-state index contributed by atoms with van der Waals surface area (Å²) in [6.07, 6.45) is 9.83. The Labute approximate surface area is 250 Å². The van der Waals surface area contributed by atoms with Gasteiger partial charge in [0.15, 0.2) is 0 Å². The van der Waals surface area contributed by atoms with E-state index < -0.39 is 5.41 Å². The highest BCUT2D eigenvalue weighted by Crippen LogP contribution is 2.44. The molecule has 0 saturated carbocycles. The lowest BCUT2D eigenvalue weighted by molar-refractivity contribution is 0.569. The first-order valence-electron chi connectivity index (χ1n) is 14.7. The molecule has 204 valence electrons. The molecule has 0 radical (unpaired) electrons. The fraction of sp³-hybridized carbons (Fsp3) is 0.128. The maximum absolute atomic E-state index is 10.4. The maximum Gasteiger partial charge on any atom is 0.0788 e. The molecule has 2 heterocycles. The van der Waals surface area contributed by atoms with Crippen molar-refractivity contribution in [2.24, 2.45) is 11.3 Å². The Bertz CT molecular complexity index is 2230. The molecule has 4 aromatic carbocycles. The first-order valence-corrected chi connectivity index (χ1v) is 14.7. The van der Waals surface area contributed by atoms with Gasteiger partial charge >= 0.3 is 0 Å². The van der Waals surface area contributed by atoms with Gasteiger partial charge in [-0.3, -0.25) is 0 Å². The van der Waals surface area contributed by atoms with Crippen LogP contribution in [0.5, 0.6) is 0 Å². The van der Waals surface area contributed by atoms with Crippen molar-refractivity contribution in [3.05, 3.63) is 133 Å². The summed E-state index contributed by atoms with van der Waals surface area (Å²) >= 11 is 0. The van der Waals surface area contributed by atoms with Gasteiger partial charge in [0.2, 0.25) is 0 Å². The summed E-state index contributed by atoms with van der Waals surface area (Å²) in [5, 5.41) is 25.4. The van der Waals surface area contributed by atoms with Crippen LogP contribution in [0.15, 0.2) is 133 Å². The monoisotopic (exact) mass is 552 g/mol. The zero-order chi connectivity index (χ0) is 29.1. The Balaban J connectivity index is 1.34.